The molecule has 1 aromatic heterocycles. The van der Waals surface area contributed by atoms with Crippen LogP contribution in [0.3, 0.4) is 0 Å². The molecule has 2 aromatic carbocycles. The van der Waals surface area contributed by atoms with Crippen molar-refractivity contribution in [3.63, 3.8) is 0 Å². The molecule has 0 aliphatic heterocycles. The number of aromatic nitrogens is 1. The van der Waals surface area contributed by atoms with Crippen LogP contribution in [0.15, 0.2) is 59.6 Å². The summed E-state index contributed by atoms with van der Waals surface area (Å²) in [5, 5.41) is 4.67. The number of fused-ring (bicyclic) bond motifs is 1. The number of aromatic amines is 1. The Labute approximate surface area is 136 Å². The second-order valence-electron chi connectivity index (χ2n) is 5.70. The zero-order valence-electron chi connectivity index (χ0n) is 13.0. The Morgan fingerprint density at radius 3 is 2.52 bits per heavy atom. The molecule has 1 heterocycles. The predicted octanol–water partition coefficient (Wildman–Crippen LogP) is 2.90. The van der Waals surface area contributed by atoms with Crippen molar-refractivity contribution < 1.29 is 8.42 Å². The first-order chi connectivity index (χ1) is 11.0. The third-order valence-corrected chi connectivity index (χ3v) is 5.06. The second-order valence-corrected chi connectivity index (χ2v) is 7.72. The molecule has 0 fully saturated rings. The fourth-order valence-corrected chi connectivity index (χ4v) is 3.28. The number of benzene rings is 2. The molecule has 0 aliphatic carbocycles. The summed E-state index contributed by atoms with van der Waals surface area (Å²) in [4.78, 5) is 3.64. The van der Waals surface area contributed by atoms with Gasteiger partial charge in [0.25, 0.3) is 0 Å². The van der Waals surface area contributed by atoms with E-state index in [9.17, 15) is 8.42 Å². The van der Waals surface area contributed by atoms with Crippen molar-refractivity contribution in [1.29, 1.82) is 0 Å². The van der Waals surface area contributed by atoms with Gasteiger partial charge in [-0.1, -0.05) is 30.3 Å². The van der Waals surface area contributed by atoms with Gasteiger partial charge in [-0.05, 0) is 42.3 Å². The Hall–Kier alpha value is -2.11. The smallest absolute Gasteiger partial charge is 0.175 e. The molecule has 2 N–H and O–H groups in total. The van der Waals surface area contributed by atoms with Crippen LogP contribution in [0.1, 0.15) is 11.1 Å². The standard InChI is InChI=1S/C18H20N2O2S/c1-23(21,22)16-8-6-14(7-9-16)12-19-11-10-15-13-20-18-5-3-2-4-17(15)18/h2-9,13,19-20H,10-12H2,1H3. The van der Waals surface area contributed by atoms with Crippen LogP contribution < -0.4 is 5.32 Å². The molecular formula is C18H20N2O2S. The van der Waals surface area contributed by atoms with Gasteiger partial charge in [-0.3, -0.25) is 0 Å². The molecule has 0 aliphatic rings. The summed E-state index contributed by atoms with van der Waals surface area (Å²) in [6.07, 6.45) is 4.24. The van der Waals surface area contributed by atoms with Crippen molar-refractivity contribution >= 4 is 20.7 Å². The molecular weight excluding hydrogens is 308 g/mol. The summed E-state index contributed by atoms with van der Waals surface area (Å²) in [7, 11) is -3.12. The van der Waals surface area contributed by atoms with E-state index in [0.717, 1.165) is 25.1 Å². The molecule has 3 rings (SSSR count). The highest BCUT2D eigenvalue weighted by atomic mass is 32.2. The number of hydrogen-bond donors (Lipinski definition) is 2. The topological polar surface area (TPSA) is 62.0 Å². The maximum Gasteiger partial charge on any atom is 0.175 e. The van der Waals surface area contributed by atoms with Crippen LogP contribution in [-0.4, -0.2) is 26.2 Å². The van der Waals surface area contributed by atoms with E-state index in [0.29, 0.717) is 4.90 Å². The molecule has 0 amide bonds. The van der Waals surface area contributed by atoms with E-state index in [-0.39, 0.29) is 0 Å². The van der Waals surface area contributed by atoms with E-state index in [2.05, 4.69) is 34.7 Å². The predicted molar refractivity (Wildman–Crippen MR) is 93.3 cm³/mol. The molecule has 5 heteroatoms. The SMILES string of the molecule is CS(=O)(=O)c1ccc(CNCCc2c[nH]c3ccccc23)cc1. The Morgan fingerprint density at radius 2 is 1.78 bits per heavy atom. The number of sulfone groups is 1. The molecule has 0 radical (unpaired) electrons. The number of rotatable bonds is 6. The van der Waals surface area contributed by atoms with E-state index in [4.69, 9.17) is 0 Å². The van der Waals surface area contributed by atoms with E-state index >= 15 is 0 Å². The van der Waals surface area contributed by atoms with Crippen molar-refractivity contribution in [3.8, 4) is 0 Å². The average Bonchev–Trinajstić information content (AvgIpc) is 2.94. The van der Waals surface area contributed by atoms with Crippen molar-refractivity contribution in [1.82, 2.24) is 10.3 Å². The normalized spacial score (nSPS) is 11.9. The summed E-state index contributed by atoms with van der Waals surface area (Å²) in [5.41, 5.74) is 3.55. The first kappa shape index (κ1) is 15.8. The molecule has 0 saturated carbocycles. The summed E-state index contributed by atoms with van der Waals surface area (Å²) < 4.78 is 22.8. The van der Waals surface area contributed by atoms with E-state index in [1.165, 1.54) is 22.7 Å². The number of nitrogens with one attached hydrogen (secondary N) is 2. The number of para-hydroxylation sites is 1. The first-order valence-electron chi connectivity index (χ1n) is 7.59. The molecule has 3 aromatic rings. The number of H-pyrrole nitrogens is 1. The van der Waals surface area contributed by atoms with Crippen LogP contribution in [-0.2, 0) is 22.8 Å². The van der Waals surface area contributed by atoms with Gasteiger partial charge in [0.1, 0.15) is 0 Å². The Balaban J connectivity index is 1.54. The zero-order valence-corrected chi connectivity index (χ0v) is 13.9. The highest BCUT2D eigenvalue weighted by Crippen LogP contribution is 2.17. The highest BCUT2D eigenvalue weighted by molar-refractivity contribution is 7.90. The van der Waals surface area contributed by atoms with Gasteiger partial charge in [-0.25, -0.2) is 8.42 Å². The van der Waals surface area contributed by atoms with Gasteiger partial charge in [0.2, 0.25) is 0 Å². The van der Waals surface area contributed by atoms with Gasteiger partial charge in [-0.15, -0.1) is 0 Å². The fraction of sp³-hybridized carbons (Fsp3) is 0.222. The Morgan fingerprint density at radius 1 is 1.04 bits per heavy atom. The highest BCUT2D eigenvalue weighted by Gasteiger charge is 2.06. The van der Waals surface area contributed by atoms with E-state index in [1.807, 2.05) is 18.2 Å². The van der Waals surface area contributed by atoms with Crippen LogP contribution in [0.5, 0.6) is 0 Å². The second kappa shape index (κ2) is 6.56. The summed E-state index contributed by atoms with van der Waals surface area (Å²) >= 11 is 0. The molecule has 0 atom stereocenters. The van der Waals surface area contributed by atoms with Gasteiger partial charge in [0.15, 0.2) is 9.84 Å². The largest absolute Gasteiger partial charge is 0.361 e. The van der Waals surface area contributed by atoms with Crippen LogP contribution in [0.4, 0.5) is 0 Å². The van der Waals surface area contributed by atoms with E-state index in [1.54, 1.807) is 12.1 Å². The third kappa shape index (κ3) is 3.81. The molecule has 0 unspecified atom stereocenters. The van der Waals surface area contributed by atoms with Crippen molar-refractivity contribution in [2.75, 3.05) is 12.8 Å². The summed E-state index contributed by atoms with van der Waals surface area (Å²) in [6.45, 7) is 1.60. The van der Waals surface area contributed by atoms with Gasteiger partial charge >= 0.3 is 0 Å². The lowest BCUT2D eigenvalue weighted by Crippen LogP contribution is -2.16. The zero-order chi connectivity index (χ0) is 16.3. The van der Waals surface area contributed by atoms with Crippen LogP contribution >= 0.6 is 0 Å². The first-order valence-corrected chi connectivity index (χ1v) is 9.48. The summed E-state index contributed by atoms with van der Waals surface area (Å²) in [6, 6.07) is 15.3. The monoisotopic (exact) mass is 328 g/mol. The maximum atomic E-state index is 11.4. The molecule has 0 spiro atoms. The fourth-order valence-electron chi connectivity index (χ4n) is 2.65. The lowest BCUT2D eigenvalue weighted by Gasteiger charge is -2.06. The molecule has 120 valence electrons. The van der Waals surface area contributed by atoms with Crippen molar-refractivity contribution in [2.24, 2.45) is 0 Å². The van der Waals surface area contributed by atoms with Gasteiger partial charge in [0.05, 0.1) is 4.90 Å². The number of hydrogen-bond acceptors (Lipinski definition) is 3. The van der Waals surface area contributed by atoms with Gasteiger partial charge in [0, 0.05) is 29.9 Å². The third-order valence-electron chi connectivity index (χ3n) is 3.93. The van der Waals surface area contributed by atoms with Gasteiger partial charge in [-0.2, -0.15) is 0 Å². The maximum absolute atomic E-state index is 11.4. The minimum atomic E-state index is -3.12. The molecule has 0 bridgehead atoms. The Bertz CT molecular complexity index is 896. The minimum Gasteiger partial charge on any atom is -0.361 e. The van der Waals surface area contributed by atoms with Gasteiger partial charge < -0.3 is 10.3 Å². The summed E-state index contributed by atoms with van der Waals surface area (Å²) in [5.74, 6) is 0. The average molecular weight is 328 g/mol. The lowest BCUT2D eigenvalue weighted by molar-refractivity contribution is 0.602. The minimum absolute atomic E-state index is 0.361. The van der Waals surface area contributed by atoms with Crippen LogP contribution in [0.25, 0.3) is 10.9 Å². The quantitative estimate of drug-likeness (QED) is 0.684. The van der Waals surface area contributed by atoms with Crippen molar-refractivity contribution in [3.05, 3.63) is 65.9 Å². The van der Waals surface area contributed by atoms with E-state index < -0.39 is 9.84 Å². The molecule has 23 heavy (non-hydrogen) atoms. The van der Waals surface area contributed by atoms with Crippen LogP contribution in [0, 0.1) is 0 Å². The lowest BCUT2D eigenvalue weighted by atomic mass is 10.1. The molecule has 0 saturated heterocycles. The molecule has 4 nitrogen and oxygen atoms in total. The Kier molecular flexibility index (Phi) is 4.50. The van der Waals surface area contributed by atoms with Crippen molar-refractivity contribution in [2.45, 2.75) is 17.9 Å². The van der Waals surface area contributed by atoms with Crippen LogP contribution in [0.2, 0.25) is 0 Å².